The highest BCUT2D eigenvalue weighted by atomic mass is 16.5. The summed E-state index contributed by atoms with van der Waals surface area (Å²) in [6.45, 7) is 5.87. The molecule has 0 spiro atoms. The van der Waals surface area contributed by atoms with Crippen LogP contribution in [-0.2, 0) is 4.74 Å². The molecule has 0 amide bonds. The van der Waals surface area contributed by atoms with Crippen molar-refractivity contribution in [2.24, 2.45) is 0 Å². The van der Waals surface area contributed by atoms with Gasteiger partial charge in [-0.3, -0.25) is 0 Å². The van der Waals surface area contributed by atoms with Crippen molar-refractivity contribution in [3.05, 3.63) is 17.5 Å². The Labute approximate surface area is 71.1 Å². The van der Waals surface area contributed by atoms with Gasteiger partial charge in [-0.05, 0) is 26.3 Å². The summed E-state index contributed by atoms with van der Waals surface area (Å²) in [6, 6.07) is 0. The molecule has 0 aliphatic rings. The van der Waals surface area contributed by atoms with E-state index in [1.54, 1.807) is 13.1 Å². The van der Waals surface area contributed by atoms with Crippen LogP contribution in [-0.4, -0.2) is 22.5 Å². The second-order valence-electron chi connectivity index (χ2n) is 2.52. The second-order valence-corrected chi connectivity index (χ2v) is 2.52. The zero-order valence-electron chi connectivity index (χ0n) is 7.50. The molecule has 0 fully saturated rings. The van der Waals surface area contributed by atoms with E-state index in [-0.39, 0.29) is 0 Å². The van der Waals surface area contributed by atoms with E-state index in [9.17, 15) is 4.79 Å². The molecule has 0 saturated heterocycles. The van der Waals surface area contributed by atoms with Crippen LogP contribution < -0.4 is 0 Å². The first-order valence-corrected chi connectivity index (χ1v) is 3.85. The minimum absolute atomic E-state index is 0.372. The summed E-state index contributed by atoms with van der Waals surface area (Å²) in [7, 11) is 0. The fourth-order valence-electron chi connectivity index (χ4n) is 0.860. The van der Waals surface area contributed by atoms with Crippen LogP contribution in [0.4, 0.5) is 4.79 Å². The van der Waals surface area contributed by atoms with Crippen molar-refractivity contribution in [2.75, 3.05) is 6.61 Å². The molecule has 1 rings (SSSR count). The highest BCUT2D eigenvalue weighted by Crippen LogP contribution is 2.04. The molecule has 0 unspecified atom stereocenters. The first-order chi connectivity index (χ1) is 5.66. The van der Waals surface area contributed by atoms with Gasteiger partial charge in [-0.1, -0.05) is 0 Å². The molecule has 0 saturated carbocycles. The summed E-state index contributed by atoms with van der Waals surface area (Å²) >= 11 is 0. The van der Waals surface area contributed by atoms with E-state index in [2.05, 4.69) is 5.10 Å². The second kappa shape index (κ2) is 3.38. The van der Waals surface area contributed by atoms with E-state index in [0.29, 0.717) is 6.61 Å². The summed E-state index contributed by atoms with van der Waals surface area (Å²) in [6.07, 6.45) is 1.23. The third kappa shape index (κ3) is 1.47. The largest absolute Gasteiger partial charge is 0.448 e. The number of hydrogen-bond donors (Lipinski definition) is 0. The van der Waals surface area contributed by atoms with Crippen molar-refractivity contribution in [3.63, 3.8) is 0 Å². The van der Waals surface area contributed by atoms with Crippen molar-refractivity contribution in [2.45, 2.75) is 20.8 Å². The molecule has 1 aromatic heterocycles. The van der Waals surface area contributed by atoms with Crippen molar-refractivity contribution in [3.8, 4) is 0 Å². The Hall–Kier alpha value is -1.32. The predicted octanol–water partition coefficient (Wildman–Crippen LogP) is 1.50. The van der Waals surface area contributed by atoms with Crippen molar-refractivity contribution >= 4 is 6.09 Å². The van der Waals surface area contributed by atoms with Crippen LogP contribution in [0.2, 0.25) is 0 Å². The first kappa shape index (κ1) is 8.77. The number of rotatable bonds is 1. The zero-order valence-corrected chi connectivity index (χ0v) is 7.50. The number of carbonyl (C=O) groups is 1. The maximum Gasteiger partial charge on any atom is 0.434 e. The number of aromatic nitrogens is 2. The summed E-state index contributed by atoms with van der Waals surface area (Å²) in [5.41, 5.74) is 1.82. The molecule has 1 aromatic rings. The van der Waals surface area contributed by atoms with Gasteiger partial charge in [-0.2, -0.15) is 9.78 Å². The molecule has 0 atom stereocenters. The predicted molar refractivity (Wildman–Crippen MR) is 44.1 cm³/mol. The Morgan fingerprint density at radius 2 is 2.33 bits per heavy atom. The molecule has 4 heteroatoms. The van der Waals surface area contributed by atoms with Gasteiger partial charge in [0.05, 0.1) is 18.5 Å². The van der Waals surface area contributed by atoms with Crippen LogP contribution in [0.25, 0.3) is 0 Å². The summed E-state index contributed by atoms with van der Waals surface area (Å²) < 4.78 is 6.05. The van der Waals surface area contributed by atoms with Crippen molar-refractivity contribution in [1.82, 2.24) is 9.78 Å². The molecule has 12 heavy (non-hydrogen) atoms. The highest BCUT2D eigenvalue weighted by Gasteiger charge is 2.10. The van der Waals surface area contributed by atoms with Crippen LogP contribution in [0.5, 0.6) is 0 Å². The SMILES string of the molecule is CCOC(=O)n1ncc(C)c1C. The minimum atomic E-state index is -0.414. The maximum absolute atomic E-state index is 11.2. The molecular formula is C8H12N2O2. The van der Waals surface area contributed by atoms with Gasteiger partial charge < -0.3 is 4.74 Å². The van der Waals surface area contributed by atoms with Gasteiger partial charge in [0.25, 0.3) is 0 Å². The average molecular weight is 168 g/mol. The third-order valence-corrected chi connectivity index (χ3v) is 1.70. The van der Waals surface area contributed by atoms with E-state index >= 15 is 0 Å². The van der Waals surface area contributed by atoms with E-state index in [4.69, 9.17) is 4.74 Å². The molecule has 0 aliphatic heterocycles. The van der Waals surface area contributed by atoms with Crippen LogP contribution in [0.1, 0.15) is 18.2 Å². The topological polar surface area (TPSA) is 44.1 Å². The lowest BCUT2D eigenvalue weighted by Gasteiger charge is -2.02. The maximum atomic E-state index is 11.2. The van der Waals surface area contributed by atoms with E-state index in [1.807, 2.05) is 13.8 Å². The molecule has 4 nitrogen and oxygen atoms in total. The number of nitrogens with zero attached hydrogens (tertiary/aromatic N) is 2. The Bertz CT molecular complexity index is 291. The van der Waals surface area contributed by atoms with Gasteiger partial charge in [0, 0.05) is 0 Å². The number of hydrogen-bond acceptors (Lipinski definition) is 3. The Morgan fingerprint density at radius 1 is 1.67 bits per heavy atom. The van der Waals surface area contributed by atoms with Gasteiger partial charge in [0.15, 0.2) is 0 Å². The smallest absolute Gasteiger partial charge is 0.434 e. The van der Waals surface area contributed by atoms with E-state index in [1.165, 1.54) is 4.68 Å². The Balaban J connectivity index is 2.88. The number of carbonyl (C=O) groups excluding carboxylic acids is 1. The fourth-order valence-corrected chi connectivity index (χ4v) is 0.860. The van der Waals surface area contributed by atoms with Crippen molar-refractivity contribution in [1.29, 1.82) is 0 Å². The van der Waals surface area contributed by atoms with Gasteiger partial charge in [-0.25, -0.2) is 4.79 Å². The summed E-state index contributed by atoms with van der Waals surface area (Å²) in [5.74, 6) is 0. The van der Waals surface area contributed by atoms with Crippen LogP contribution in [0, 0.1) is 13.8 Å². The lowest BCUT2D eigenvalue weighted by molar-refractivity contribution is 0.150. The van der Waals surface area contributed by atoms with Crippen LogP contribution >= 0.6 is 0 Å². The lowest BCUT2D eigenvalue weighted by Crippen LogP contribution is -2.16. The molecule has 1 heterocycles. The average Bonchev–Trinajstić information content (AvgIpc) is 2.34. The molecule has 0 radical (unpaired) electrons. The zero-order chi connectivity index (χ0) is 9.14. The Kier molecular flexibility index (Phi) is 2.47. The third-order valence-electron chi connectivity index (χ3n) is 1.70. The normalized spacial score (nSPS) is 9.92. The Morgan fingerprint density at radius 3 is 2.75 bits per heavy atom. The van der Waals surface area contributed by atoms with Gasteiger partial charge >= 0.3 is 6.09 Å². The minimum Gasteiger partial charge on any atom is -0.448 e. The monoisotopic (exact) mass is 168 g/mol. The molecular weight excluding hydrogens is 156 g/mol. The fraction of sp³-hybridized carbons (Fsp3) is 0.500. The lowest BCUT2D eigenvalue weighted by atomic mass is 10.3. The molecule has 0 N–H and O–H groups in total. The number of ether oxygens (including phenoxy) is 1. The van der Waals surface area contributed by atoms with E-state index in [0.717, 1.165) is 11.3 Å². The van der Waals surface area contributed by atoms with E-state index < -0.39 is 6.09 Å². The summed E-state index contributed by atoms with van der Waals surface area (Å²) in [5, 5.41) is 3.88. The summed E-state index contributed by atoms with van der Waals surface area (Å²) in [4.78, 5) is 11.2. The molecule has 0 bridgehead atoms. The standard InChI is InChI=1S/C8H12N2O2/c1-4-12-8(11)10-7(3)6(2)5-9-10/h5H,4H2,1-3H3. The highest BCUT2D eigenvalue weighted by molar-refractivity contribution is 5.70. The van der Waals surface area contributed by atoms with Gasteiger partial charge in [0.1, 0.15) is 0 Å². The van der Waals surface area contributed by atoms with Crippen LogP contribution in [0.3, 0.4) is 0 Å². The molecule has 0 aromatic carbocycles. The van der Waals surface area contributed by atoms with Crippen molar-refractivity contribution < 1.29 is 9.53 Å². The first-order valence-electron chi connectivity index (χ1n) is 3.85. The van der Waals surface area contributed by atoms with Crippen LogP contribution in [0.15, 0.2) is 6.20 Å². The molecule has 66 valence electrons. The van der Waals surface area contributed by atoms with Gasteiger partial charge in [-0.15, -0.1) is 0 Å². The molecule has 0 aliphatic carbocycles. The van der Waals surface area contributed by atoms with Gasteiger partial charge in [0.2, 0.25) is 0 Å². The quantitative estimate of drug-likeness (QED) is 0.638. The number of aryl methyl sites for hydroxylation is 1.